The molecule has 29 heavy (non-hydrogen) atoms. The number of nitrogens with two attached hydrogens (primary N) is 4. The molecule has 13 nitrogen and oxygen atoms in total. The minimum atomic E-state index is -1.22. The van der Waals surface area contributed by atoms with Gasteiger partial charge in [0.25, 0.3) is 0 Å². The van der Waals surface area contributed by atoms with Gasteiger partial charge >= 0.3 is 5.97 Å². The molecule has 12 N–H and O–H groups in total. The normalized spacial score (nSPS) is 12.3. The zero-order valence-corrected chi connectivity index (χ0v) is 16.4. The van der Waals surface area contributed by atoms with Crippen LogP contribution in [0.5, 0.6) is 0 Å². The number of aliphatic carboxylic acids is 1. The van der Waals surface area contributed by atoms with Gasteiger partial charge in [-0.1, -0.05) is 0 Å². The van der Waals surface area contributed by atoms with Gasteiger partial charge in [-0.3, -0.25) is 19.4 Å². The first kappa shape index (κ1) is 26.1. The number of hydrogen-bond donors (Lipinski definition) is 8. The predicted molar refractivity (Wildman–Crippen MR) is 106 cm³/mol. The second-order valence-corrected chi connectivity index (χ2v) is 6.23. The number of carboxylic acid groups (broad SMARTS) is 1. The molecular weight excluding hydrogens is 384 g/mol. The molecule has 0 heterocycles. The van der Waals surface area contributed by atoms with Crippen LogP contribution in [0.2, 0.25) is 0 Å². The Bertz CT molecular complexity index is 580. The fourth-order valence-corrected chi connectivity index (χ4v) is 2.29. The topological polar surface area (TPSA) is 241 Å². The van der Waals surface area contributed by atoms with Crippen molar-refractivity contribution >= 4 is 29.7 Å². The molecule has 3 amide bonds. The van der Waals surface area contributed by atoms with E-state index >= 15 is 0 Å². The van der Waals surface area contributed by atoms with Crippen molar-refractivity contribution in [1.29, 1.82) is 0 Å². The van der Waals surface area contributed by atoms with E-state index in [0.717, 1.165) is 0 Å². The second-order valence-electron chi connectivity index (χ2n) is 6.23. The minimum absolute atomic E-state index is 0.105. The predicted octanol–water partition coefficient (Wildman–Crippen LogP) is -3.70. The van der Waals surface area contributed by atoms with Crippen molar-refractivity contribution in [1.82, 2.24) is 16.0 Å². The summed E-state index contributed by atoms with van der Waals surface area (Å²) < 4.78 is 0. The molecule has 0 aromatic heterocycles. The van der Waals surface area contributed by atoms with Gasteiger partial charge in [-0.2, -0.15) is 0 Å². The van der Waals surface area contributed by atoms with Crippen molar-refractivity contribution in [2.75, 3.05) is 26.2 Å². The number of guanidine groups is 1. The number of aliphatic imine (C=N–C) groups is 1. The summed E-state index contributed by atoms with van der Waals surface area (Å²) in [6.07, 6.45) is 1.88. The third-order valence-corrected chi connectivity index (χ3v) is 3.79. The molecule has 0 aliphatic carbocycles. The molecule has 0 saturated carbocycles. The zero-order chi connectivity index (χ0) is 22.2. The molecule has 0 radical (unpaired) electrons. The van der Waals surface area contributed by atoms with Gasteiger partial charge in [0.1, 0.15) is 12.1 Å². The average molecular weight is 416 g/mol. The first-order valence-electron chi connectivity index (χ1n) is 9.26. The number of amides is 3. The number of carbonyl (C=O) groups is 4. The highest BCUT2D eigenvalue weighted by molar-refractivity contribution is 5.92. The Hall–Kier alpha value is -2.93. The molecule has 166 valence electrons. The number of unbranched alkanes of at least 4 members (excludes halogenated alkanes) is 1. The van der Waals surface area contributed by atoms with Gasteiger partial charge in [0.2, 0.25) is 17.7 Å². The van der Waals surface area contributed by atoms with Gasteiger partial charge in [0.15, 0.2) is 5.96 Å². The summed E-state index contributed by atoms with van der Waals surface area (Å²) in [5.41, 5.74) is 21.0. The van der Waals surface area contributed by atoms with Gasteiger partial charge in [0, 0.05) is 6.54 Å². The first-order chi connectivity index (χ1) is 13.7. The van der Waals surface area contributed by atoms with E-state index in [9.17, 15) is 24.3 Å². The smallest absolute Gasteiger partial charge is 0.326 e. The van der Waals surface area contributed by atoms with Crippen molar-refractivity contribution in [3.63, 3.8) is 0 Å². The molecule has 0 aromatic rings. The Balaban J connectivity index is 4.86. The van der Waals surface area contributed by atoms with Gasteiger partial charge < -0.3 is 44.0 Å². The van der Waals surface area contributed by atoms with Crippen molar-refractivity contribution < 1.29 is 24.3 Å². The van der Waals surface area contributed by atoms with E-state index in [1.54, 1.807) is 0 Å². The lowest BCUT2D eigenvalue weighted by Gasteiger charge is -2.21. The van der Waals surface area contributed by atoms with Gasteiger partial charge in [-0.15, -0.1) is 0 Å². The van der Waals surface area contributed by atoms with Crippen molar-refractivity contribution in [2.45, 2.75) is 44.2 Å². The van der Waals surface area contributed by atoms with Crippen LogP contribution < -0.4 is 38.9 Å². The standard InChI is InChI=1S/C16H32N8O5/c17-6-2-1-4-10(23-13(26)9-22-12(25)8-18)14(27)24-11(15(28)29)5-3-7-21-16(19)20/h10-11H,1-9,17-18H2,(H,22,25)(H,23,26)(H,24,27)(H,28,29)(H4,19,20,21)/t10-,11-/m0/s1. The summed E-state index contributed by atoms with van der Waals surface area (Å²) in [4.78, 5) is 50.8. The van der Waals surface area contributed by atoms with E-state index in [-0.39, 0.29) is 38.4 Å². The fraction of sp³-hybridized carbons (Fsp3) is 0.688. The maximum Gasteiger partial charge on any atom is 0.326 e. The SMILES string of the molecule is NCCCC[C@H](NC(=O)CNC(=O)CN)C(=O)N[C@@H](CCCN=C(N)N)C(=O)O. The number of nitrogens with one attached hydrogen (secondary N) is 3. The largest absolute Gasteiger partial charge is 0.480 e. The van der Waals surface area contributed by atoms with E-state index in [1.165, 1.54) is 0 Å². The summed E-state index contributed by atoms with van der Waals surface area (Å²) in [5, 5.41) is 16.5. The van der Waals surface area contributed by atoms with Gasteiger partial charge in [-0.25, -0.2) is 4.79 Å². The monoisotopic (exact) mass is 416 g/mol. The minimum Gasteiger partial charge on any atom is -0.480 e. The average Bonchev–Trinajstić information content (AvgIpc) is 2.67. The van der Waals surface area contributed by atoms with E-state index < -0.39 is 35.8 Å². The molecule has 0 aliphatic heterocycles. The Kier molecular flexibility index (Phi) is 13.5. The molecular formula is C16H32N8O5. The Morgan fingerprint density at radius 1 is 0.897 bits per heavy atom. The summed E-state index contributed by atoms with van der Waals surface area (Å²) in [6.45, 7) is 0.0162. The molecule has 0 unspecified atom stereocenters. The zero-order valence-electron chi connectivity index (χ0n) is 16.4. The molecule has 0 spiro atoms. The van der Waals surface area contributed by atoms with Crippen molar-refractivity contribution in [3.05, 3.63) is 0 Å². The number of carboxylic acids is 1. The van der Waals surface area contributed by atoms with E-state index in [4.69, 9.17) is 22.9 Å². The third-order valence-electron chi connectivity index (χ3n) is 3.79. The molecule has 0 fully saturated rings. The van der Waals surface area contributed by atoms with Gasteiger partial charge in [0.05, 0.1) is 13.1 Å². The molecule has 2 atom stereocenters. The number of hydrogen-bond acceptors (Lipinski definition) is 7. The maximum absolute atomic E-state index is 12.5. The highest BCUT2D eigenvalue weighted by atomic mass is 16.4. The number of carbonyl (C=O) groups excluding carboxylic acids is 3. The lowest BCUT2D eigenvalue weighted by atomic mass is 10.1. The van der Waals surface area contributed by atoms with Crippen LogP contribution in [0.3, 0.4) is 0 Å². The van der Waals surface area contributed by atoms with E-state index in [0.29, 0.717) is 25.8 Å². The summed E-state index contributed by atoms with van der Waals surface area (Å²) in [5.74, 6) is -3.08. The van der Waals surface area contributed by atoms with Crippen LogP contribution in [0.25, 0.3) is 0 Å². The van der Waals surface area contributed by atoms with Crippen LogP contribution in [-0.4, -0.2) is 73.0 Å². The Morgan fingerprint density at radius 2 is 1.55 bits per heavy atom. The Labute approximate surface area is 169 Å². The summed E-state index contributed by atoms with van der Waals surface area (Å²) in [7, 11) is 0. The lowest BCUT2D eigenvalue weighted by molar-refractivity contribution is -0.142. The summed E-state index contributed by atoms with van der Waals surface area (Å²) in [6, 6.07) is -2.13. The van der Waals surface area contributed by atoms with Crippen LogP contribution in [0.15, 0.2) is 4.99 Å². The van der Waals surface area contributed by atoms with Crippen molar-refractivity contribution in [2.24, 2.45) is 27.9 Å². The molecule has 0 aromatic carbocycles. The lowest BCUT2D eigenvalue weighted by Crippen LogP contribution is -2.53. The van der Waals surface area contributed by atoms with Gasteiger partial charge in [-0.05, 0) is 38.6 Å². The van der Waals surface area contributed by atoms with Crippen LogP contribution in [0.4, 0.5) is 0 Å². The first-order valence-corrected chi connectivity index (χ1v) is 9.26. The highest BCUT2D eigenvalue weighted by Gasteiger charge is 2.26. The number of nitrogens with zero attached hydrogens (tertiary/aromatic N) is 1. The highest BCUT2D eigenvalue weighted by Crippen LogP contribution is 2.04. The molecule has 0 saturated heterocycles. The molecule has 0 bridgehead atoms. The Morgan fingerprint density at radius 3 is 2.10 bits per heavy atom. The fourth-order valence-electron chi connectivity index (χ4n) is 2.29. The van der Waals surface area contributed by atoms with Crippen molar-refractivity contribution in [3.8, 4) is 0 Å². The van der Waals surface area contributed by atoms with Crippen LogP contribution >= 0.6 is 0 Å². The third kappa shape index (κ3) is 13.0. The van der Waals surface area contributed by atoms with E-state index in [2.05, 4.69) is 20.9 Å². The summed E-state index contributed by atoms with van der Waals surface area (Å²) >= 11 is 0. The van der Waals surface area contributed by atoms with Crippen LogP contribution in [-0.2, 0) is 19.2 Å². The van der Waals surface area contributed by atoms with Crippen LogP contribution in [0, 0.1) is 0 Å². The maximum atomic E-state index is 12.5. The number of rotatable bonds is 15. The molecule has 0 rings (SSSR count). The molecule has 13 heteroatoms. The quantitative estimate of drug-likeness (QED) is 0.0742. The van der Waals surface area contributed by atoms with Crippen LogP contribution in [0.1, 0.15) is 32.1 Å². The molecule has 0 aliphatic rings. The van der Waals surface area contributed by atoms with E-state index in [1.807, 2.05) is 0 Å². The second kappa shape index (κ2) is 15.0.